The van der Waals surface area contributed by atoms with Crippen LogP contribution in [0.3, 0.4) is 0 Å². The van der Waals surface area contributed by atoms with Crippen molar-refractivity contribution >= 4 is 15.7 Å². The summed E-state index contributed by atoms with van der Waals surface area (Å²) in [5.41, 5.74) is 0.579. The molecule has 1 fully saturated rings. The van der Waals surface area contributed by atoms with Crippen LogP contribution in [0.15, 0.2) is 24.3 Å². The van der Waals surface area contributed by atoms with Crippen molar-refractivity contribution < 1.29 is 13.2 Å². The Bertz CT molecular complexity index is 535. The molecule has 1 heterocycles. The smallest absolute Gasteiger partial charge is 0.233 e. The van der Waals surface area contributed by atoms with Crippen LogP contribution in [0.2, 0.25) is 0 Å². The zero-order chi connectivity index (χ0) is 15.3. The third kappa shape index (κ3) is 5.55. The number of rotatable bonds is 6. The van der Waals surface area contributed by atoms with Gasteiger partial charge in [0.15, 0.2) is 0 Å². The van der Waals surface area contributed by atoms with Gasteiger partial charge in [0.25, 0.3) is 0 Å². The van der Waals surface area contributed by atoms with Crippen molar-refractivity contribution in [3.05, 3.63) is 24.3 Å². The zero-order valence-corrected chi connectivity index (χ0v) is 13.4. The van der Waals surface area contributed by atoms with Gasteiger partial charge in [0.1, 0.15) is 5.75 Å². The van der Waals surface area contributed by atoms with Crippen LogP contribution < -0.4 is 14.8 Å². The number of sulfonamides is 1. The summed E-state index contributed by atoms with van der Waals surface area (Å²) in [6.07, 6.45) is 2.11. The minimum absolute atomic E-state index is 0.103. The molecule has 0 saturated carbocycles. The average Bonchev–Trinajstić information content (AvgIpc) is 2.40. The van der Waals surface area contributed by atoms with Gasteiger partial charge < -0.3 is 10.1 Å². The highest BCUT2D eigenvalue weighted by atomic mass is 32.2. The van der Waals surface area contributed by atoms with E-state index in [4.69, 9.17) is 4.74 Å². The zero-order valence-electron chi connectivity index (χ0n) is 12.6. The maximum Gasteiger partial charge on any atom is 0.233 e. The van der Waals surface area contributed by atoms with Gasteiger partial charge in [-0.15, -0.1) is 0 Å². The lowest BCUT2D eigenvalue weighted by Crippen LogP contribution is -2.35. The van der Waals surface area contributed by atoms with Gasteiger partial charge in [-0.3, -0.25) is 4.72 Å². The van der Waals surface area contributed by atoms with Crippen LogP contribution in [-0.2, 0) is 10.0 Å². The van der Waals surface area contributed by atoms with Crippen LogP contribution in [0.5, 0.6) is 5.75 Å². The van der Waals surface area contributed by atoms with E-state index in [-0.39, 0.29) is 17.8 Å². The molecule has 1 aromatic carbocycles. The molecule has 1 atom stereocenters. The standard InChI is InChI=1S/C15H24N2O3S/c1-12(2)20-15-7-5-14(6-8-15)17-21(18,19)11-13-4-3-9-16-10-13/h5-8,12-13,16-17H,3-4,9-11H2,1-2H3. The van der Waals surface area contributed by atoms with Crippen molar-refractivity contribution in [2.24, 2.45) is 5.92 Å². The Balaban J connectivity index is 1.92. The van der Waals surface area contributed by atoms with Crippen molar-refractivity contribution in [3.8, 4) is 5.75 Å². The third-order valence-corrected chi connectivity index (χ3v) is 4.81. The molecule has 0 aromatic heterocycles. The molecule has 1 unspecified atom stereocenters. The topological polar surface area (TPSA) is 67.4 Å². The Kier molecular flexibility index (Phi) is 5.47. The first-order chi connectivity index (χ1) is 9.94. The van der Waals surface area contributed by atoms with E-state index in [1.54, 1.807) is 24.3 Å². The van der Waals surface area contributed by atoms with Gasteiger partial charge in [-0.2, -0.15) is 0 Å². The molecule has 118 valence electrons. The fourth-order valence-corrected chi connectivity index (χ4v) is 3.96. The second-order valence-electron chi connectivity index (χ2n) is 5.79. The van der Waals surface area contributed by atoms with E-state index in [9.17, 15) is 8.42 Å². The lowest BCUT2D eigenvalue weighted by Gasteiger charge is -2.22. The highest BCUT2D eigenvalue weighted by Gasteiger charge is 2.21. The molecule has 0 amide bonds. The molecule has 2 N–H and O–H groups in total. The summed E-state index contributed by atoms with van der Waals surface area (Å²) >= 11 is 0. The van der Waals surface area contributed by atoms with E-state index in [1.807, 2.05) is 13.8 Å². The van der Waals surface area contributed by atoms with E-state index in [1.165, 1.54) is 0 Å². The fraction of sp³-hybridized carbons (Fsp3) is 0.600. The summed E-state index contributed by atoms with van der Waals surface area (Å²) in [7, 11) is -3.30. The molecule has 1 aliphatic heterocycles. The Labute approximate surface area is 127 Å². The number of piperidine rings is 1. The van der Waals surface area contributed by atoms with Crippen molar-refractivity contribution in [2.75, 3.05) is 23.6 Å². The monoisotopic (exact) mass is 312 g/mol. The molecule has 0 bridgehead atoms. The van der Waals surface area contributed by atoms with Crippen LogP contribution in [0.25, 0.3) is 0 Å². The third-order valence-electron chi connectivity index (χ3n) is 3.35. The van der Waals surface area contributed by atoms with Gasteiger partial charge in [0.2, 0.25) is 10.0 Å². The van der Waals surface area contributed by atoms with Gasteiger partial charge in [-0.25, -0.2) is 8.42 Å². The van der Waals surface area contributed by atoms with E-state index < -0.39 is 10.0 Å². The molecule has 1 aromatic rings. The number of benzene rings is 1. The molecule has 0 radical (unpaired) electrons. The fourth-order valence-electron chi connectivity index (χ4n) is 2.47. The summed E-state index contributed by atoms with van der Waals surface area (Å²) in [5.74, 6) is 1.11. The largest absolute Gasteiger partial charge is 0.491 e. The van der Waals surface area contributed by atoms with Crippen molar-refractivity contribution in [2.45, 2.75) is 32.8 Å². The number of nitrogens with one attached hydrogen (secondary N) is 2. The molecular weight excluding hydrogens is 288 g/mol. The Morgan fingerprint density at radius 2 is 2.05 bits per heavy atom. The maximum atomic E-state index is 12.2. The van der Waals surface area contributed by atoms with Crippen LogP contribution in [0.1, 0.15) is 26.7 Å². The predicted octanol–water partition coefficient (Wildman–Crippen LogP) is 2.22. The highest BCUT2D eigenvalue weighted by molar-refractivity contribution is 7.92. The quantitative estimate of drug-likeness (QED) is 0.845. The Morgan fingerprint density at radius 3 is 2.62 bits per heavy atom. The summed E-state index contributed by atoms with van der Waals surface area (Å²) in [4.78, 5) is 0. The molecule has 0 spiro atoms. The number of ether oxygens (including phenoxy) is 1. The lowest BCUT2D eigenvalue weighted by molar-refractivity contribution is 0.242. The van der Waals surface area contributed by atoms with Crippen molar-refractivity contribution in [3.63, 3.8) is 0 Å². The number of hydrogen-bond donors (Lipinski definition) is 2. The second-order valence-corrected chi connectivity index (χ2v) is 7.55. The number of anilines is 1. The van der Waals surface area contributed by atoms with Crippen LogP contribution in [-0.4, -0.2) is 33.4 Å². The van der Waals surface area contributed by atoms with E-state index in [0.29, 0.717) is 5.69 Å². The van der Waals surface area contributed by atoms with Gasteiger partial charge in [0, 0.05) is 5.69 Å². The highest BCUT2D eigenvalue weighted by Crippen LogP contribution is 2.19. The van der Waals surface area contributed by atoms with Gasteiger partial charge in [-0.05, 0) is 70.0 Å². The van der Waals surface area contributed by atoms with Crippen LogP contribution >= 0.6 is 0 Å². The summed E-state index contributed by atoms with van der Waals surface area (Å²) in [6, 6.07) is 7.02. The molecule has 6 heteroatoms. The molecule has 21 heavy (non-hydrogen) atoms. The molecule has 0 aliphatic carbocycles. The lowest BCUT2D eigenvalue weighted by atomic mass is 10.0. The van der Waals surface area contributed by atoms with Crippen LogP contribution in [0, 0.1) is 5.92 Å². The van der Waals surface area contributed by atoms with E-state index in [0.717, 1.165) is 31.7 Å². The van der Waals surface area contributed by atoms with Crippen LogP contribution in [0.4, 0.5) is 5.69 Å². The van der Waals surface area contributed by atoms with Gasteiger partial charge >= 0.3 is 0 Å². The molecule has 2 rings (SSSR count). The van der Waals surface area contributed by atoms with E-state index in [2.05, 4.69) is 10.0 Å². The Morgan fingerprint density at radius 1 is 1.33 bits per heavy atom. The molecule has 1 saturated heterocycles. The molecule has 5 nitrogen and oxygen atoms in total. The van der Waals surface area contributed by atoms with E-state index >= 15 is 0 Å². The predicted molar refractivity (Wildman–Crippen MR) is 85.2 cm³/mol. The maximum absolute atomic E-state index is 12.2. The molecule has 1 aliphatic rings. The summed E-state index contributed by atoms with van der Waals surface area (Å²) < 4.78 is 32.5. The first-order valence-electron chi connectivity index (χ1n) is 7.42. The second kappa shape index (κ2) is 7.13. The minimum atomic E-state index is -3.30. The minimum Gasteiger partial charge on any atom is -0.491 e. The Hall–Kier alpha value is -1.27. The van der Waals surface area contributed by atoms with Crippen molar-refractivity contribution in [1.29, 1.82) is 0 Å². The summed E-state index contributed by atoms with van der Waals surface area (Å²) in [5, 5.41) is 3.24. The van der Waals surface area contributed by atoms with Crippen molar-refractivity contribution in [1.82, 2.24) is 5.32 Å². The average molecular weight is 312 g/mol. The van der Waals surface area contributed by atoms with Gasteiger partial charge in [0.05, 0.1) is 11.9 Å². The number of hydrogen-bond acceptors (Lipinski definition) is 4. The first kappa shape index (κ1) is 16.1. The molecular formula is C15H24N2O3S. The normalized spacial score (nSPS) is 19.5. The first-order valence-corrected chi connectivity index (χ1v) is 9.08. The van der Waals surface area contributed by atoms with Gasteiger partial charge in [-0.1, -0.05) is 0 Å². The summed E-state index contributed by atoms with van der Waals surface area (Å²) in [6.45, 7) is 5.67. The SMILES string of the molecule is CC(C)Oc1ccc(NS(=O)(=O)CC2CCCNC2)cc1.